The molecule has 2 aromatic carbocycles. The van der Waals surface area contributed by atoms with Gasteiger partial charge in [0.15, 0.2) is 0 Å². The average Bonchev–Trinajstić information content (AvgIpc) is 2.97. The zero-order chi connectivity index (χ0) is 21.0. The lowest BCUT2D eigenvalue weighted by atomic mass is 10.0. The fourth-order valence-corrected chi connectivity index (χ4v) is 3.44. The van der Waals surface area contributed by atoms with Crippen LogP contribution in [0.25, 0.3) is 6.08 Å². The summed E-state index contributed by atoms with van der Waals surface area (Å²) < 4.78 is 10.9. The molecule has 0 aliphatic carbocycles. The van der Waals surface area contributed by atoms with E-state index in [0.29, 0.717) is 29.2 Å². The molecule has 0 N–H and O–H groups in total. The Morgan fingerprint density at radius 3 is 2.38 bits per heavy atom. The number of ether oxygens (including phenoxy) is 2. The van der Waals surface area contributed by atoms with Crippen molar-refractivity contribution in [2.24, 2.45) is 0 Å². The minimum Gasteiger partial charge on any atom is -0.488 e. The molecule has 0 atom stereocenters. The van der Waals surface area contributed by atoms with Crippen molar-refractivity contribution in [1.82, 2.24) is 4.90 Å². The second-order valence-electron chi connectivity index (χ2n) is 7.09. The number of amides is 1. The summed E-state index contributed by atoms with van der Waals surface area (Å²) in [6, 6.07) is 17.2. The van der Waals surface area contributed by atoms with Crippen molar-refractivity contribution in [3.63, 3.8) is 0 Å². The van der Waals surface area contributed by atoms with Crippen LogP contribution in [0.4, 0.5) is 0 Å². The summed E-state index contributed by atoms with van der Waals surface area (Å²) >= 11 is 0. The van der Waals surface area contributed by atoms with E-state index < -0.39 is 5.97 Å². The van der Waals surface area contributed by atoms with E-state index in [1.165, 1.54) is 7.11 Å². The van der Waals surface area contributed by atoms with Crippen LogP contribution in [0.1, 0.15) is 31.9 Å². The molecule has 0 saturated heterocycles. The molecule has 29 heavy (non-hydrogen) atoms. The molecule has 1 heterocycles. The molecule has 0 saturated carbocycles. The fraction of sp³-hybridized carbons (Fsp3) is 0.250. The van der Waals surface area contributed by atoms with Gasteiger partial charge in [0.05, 0.1) is 18.3 Å². The number of carbonyl (C=O) groups is 2. The molecule has 0 radical (unpaired) electrons. The summed E-state index contributed by atoms with van der Waals surface area (Å²) in [6.07, 6.45) is 1.71. The van der Waals surface area contributed by atoms with Crippen molar-refractivity contribution >= 4 is 18.0 Å². The molecule has 5 heteroatoms. The summed E-state index contributed by atoms with van der Waals surface area (Å²) in [6.45, 7) is 6.00. The van der Waals surface area contributed by atoms with E-state index >= 15 is 0 Å². The number of benzene rings is 2. The van der Waals surface area contributed by atoms with Crippen LogP contribution in [0.15, 0.2) is 71.4 Å². The van der Waals surface area contributed by atoms with E-state index in [2.05, 4.69) is 0 Å². The van der Waals surface area contributed by atoms with Gasteiger partial charge in [-0.1, -0.05) is 48.5 Å². The van der Waals surface area contributed by atoms with E-state index in [9.17, 15) is 9.59 Å². The number of rotatable bonds is 6. The molecule has 0 aromatic heterocycles. The first kappa shape index (κ1) is 20.4. The van der Waals surface area contributed by atoms with Crippen LogP contribution in [0, 0.1) is 0 Å². The maximum absolute atomic E-state index is 13.1. The smallest absolute Gasteiger partial charge is 0.340 e. The summed E-state index contributed by atoms with van der Waals surface area (Å²) in [5.74, 6) is -0.0924. The van der Waals surface area contributed by atoms with Gasteiger partial charge in [0.2, 0.25) is 0 Å². The number of hydrogen-bond acceptors (Lipinski definition) is 4. The molecule has 0 fully saturated rings. The van der Waals surface area contributed by atoms with E-state index in [1.807, 2.05) is 68.4 Å². The lowest BCUT2D eigenvalue weighted by Gasteiger charge is -2.22. The zero-order valence-corrected chi connectivity index (χ0v) is 17.1. The number of esters is 1. The van der Waals surface area contributed by atoms with Crippen molar-refractivity contribution in [3.8, 4) is 5.75 Å². The molecule has 3 rings (SSSR count). The lowest BCUT2D eigenvalue weighted by molar-refractivity contribution is -0.136. The molecular formula is C24H25NO4. The number of methoxy groups -OCH3 is 1. The van der Waals surface area contributed by atoms with Crippen molar-refractivity contribution in [1.29, 1.82) is 0 Å². The highest BCUT2D eigenvalue weighted by Gasteiger charge is 2.38. The number of hydrogen-bond donors (Lipinski definition) is 0. The molecule has 1 aliphatic rings. The highest BCUT2D eigenvalue weighted by molar-refractivity contribution is 6.16. The number of allylic oxidation sites excluding steroid dienone is 1. The van der Waals surface area contributed by atoms with Crippen LogP contribution in [0.3, 0.4) is 0 Å². The molecule has 1 amide bonds. The number of carbonyl (C=O) groups excluding carboxylic acids is 2. The third-order valence-electron chi connectivity index (χ3n) is 4.80. The lowest BCUT2D eigenvalue weighted by Crippen LogP contribution is -2.31. The Morgan fingerprint density at radius 1 is 1.07 bits per heavy atom. The van der Waals surface area contributed by atoms with E-state index in [-0.39, 0.29) is 11.9 Å². The van der Waals surface area contributed by atoms with Crippen LogP contribution in [0.2, 0.25) is 0 Å². The van der Waals surface area contributed by atoms with Gasteiger partial charge in [-0.25, -0.2) is 4.79 Å². The Kier molecular flexibility index (Phi) is 6.17. The highest BCUT2D eigenvalue weighted by Crippen LogP contribution is 2.34. The standard InChI is InChI=1S/C24H25NO4/c1-16(2)25-17(3)22(24(27)28-4)20(23(25)26)14-19-12-8-9-13-21(19)29-15-18-10-6-5-7-11-18/h5-14,16H,15H2,1-4H3/b20-14-. The first-order valence-corrected chi connectivity index (χ1v) is 9.54. The first-order chi connectivity index (χ1) is 13.9. The highest BCUT2D eigenvalue weighted by atomic mass is 16.5. The summed E-state index contributed by atoms with van der Waals surface area (Å²) in [4.78, 5) is 27.1. The Bertz CT molecular complexity index is 973. The summed E-state index contributed by atoms with van der Waals surface area (Å²) in [5, 5.41) is 0. The quantitative estimate of drug-likeness (QED) is 0.543. The molecule has 2 aromatic rings. The predicted molar refractivity (Wildman–Crippen MR) is 112 cm³/mol. The number of para-hydroxylation sites is 1. The third-order valence-corrected chi connectivity index (χ3v) is 4.80. The van der Waals surface area contributed by atoms with Gasteiger partial charge < -0.3 is 14.4 Å². The molecule has 150 valence electrons. The molecule has 1 aliphatic heterocycles. The summed E-state index contributed by atoms with van der Waals surface area (Å²) in [7, 11) is 1.32. The number of nitrogens with zero attached hydrogens (tertiary/aromatic N) is 1. The van der Waals surface area contributed by atoms with Gasteiger partial charge >= 0.3 is 5.97 Å². The molecule has 0 bridgehead atoms. The van der Waals surface area contributed by atoms with Crippen LogP contribution in [-0.4, -0.2) is 29.9 Å². The largest absolute Gasteiger partial charge is 0.488 e. The molecule has 0 unspecified atom stereocenters. The third kappa shape index (κ3) is 4.24. The SMILES string of the molecule is COC(=O)C1=C(C)N(C(C)C)C(=O)/C1=C\c1ccccc1OCc1ccccc1. The topological polar surface area (TPSA) is 55.8 Å². The van der Waals surface area contributed by atoms with Crippen molar-refractivity contribution in [2.45, 2.75) is 33.4 Å². The van der Waals surface area contributed by atoms with Crippen LogP contribution in [-0.2, 0) is 20.9 Å². The van der Waals surface area contributed by atoms with Gasteiger partial charge in [0, 0.05) is 17.3 Å². The second kappa shape index (κ2) is 8.78. The van der Waals surface area contributed by atoms with Crippen molar-refractivity contribution in [3.05, 3.63) is 82.6 Å². The Morgan fingerprint density at radius 2 is 1.72 bits per heavy atom. The van der Waals surface area contributed by atoms with Gasteiger partial charge in [-0.05, 0) is 38.5 Å². The van der Waals surface area contributed by atoms with Gasteiger partial charge in [-0.2, -0.15) is 0 Å². The first-order valence-electron chi connectivity index (χ1n) is 9.54. The van der Waals surface area contributed by atoms with Gasteiger partial charge in [0.25, 0.3) is 5.91 Å². The van der Waals surface area contributed by atoms with Crippen LogP contribution in [0.5, 0.6) is 5.75 Å². The summed E-state index contributed by atoms with van der Waals surface area (Å²) in [5.41, 5.74) is 2.99. The minimum absolute atomic E-state index is 0.0716. The fourth-order valence-electron chi connectivity index (χ4n) is 3.44. The average molecular weight is 391 g/mol. The maximum Gasteiger partial charge on any atom is 0.340 e. The molecule has 0 spiro atoms. The van der Waals surface area contributed by atoms with Crippen molar-refractivity contribution < 1.29 is 19.1 Å². The van der Waals surface area contributed by atoms with Gasteiger partial charge in [-0.3, -0.25) is 4.79 Å². The minimum atomic E-state index is -0.520. The van der Waals surface area contributed by atoms with E-state index in [4.69, 9.17) is 9.47 Å². The Labute approximate surface area is 171 Å². The zero-order valence-electron chi connectivity index (χ0n) is 17.1. The maximum atomic E-state index is 13.1. The van der Waals surface area contributed by atoms with Crippen LogP contribution >= 0.6 is 0 Å². The Balaban J connectivity index is 1.98. The van der Waals surface area contributed by atoms with E-state index in [0.717, 1.165) is 11.1 Å². The van der Waals surface area contributed by atoms with Gasteiger partial charge in [0.1, 0.15) is 12.4 Å². The van der Waals surface area contributed by atoms with E-state index in [1.54, 1.807) is 17.9 Å². The Hall–Kier alpha value is -3.34. The normalized spacial score (nSPS) is 15.4. The van der Waals surface area contributed by atoms with Crippen molar-refractivity contribution in [2.75, 3.05) is 7.11 Å². The van der Waals surface area contributed by atoms with Gasteiger partial charge in [-0.15, -0.1) is 0 Å². The predicted octanol–water partition coefficient (Wildman–Crippen LogP) is 4.35. The second-order valence-corrected chi connectivity index (χ2v) is 7.09. The van der Waals surface area contributed by atoms with Crippen LogP contribution < -0.4 is 4.74 Å². The monoisotopic (exact) mass is 391 g/mol. The molecule has 5 nitrogen and oxygen atoms in total. The molecular weight excluding hydrogens is 366 g/mol.